The third-order valence-electron chi connectivity index (χ3n) is 2.03. The summed E-state index contributed by atoms with van der Waals surface area (Å²) in [5, 5.41) is 10.0. The zero-order valence-electron chi connectivity index (χ0n) is 8.97. The lowest BCUT2D eigenvalue weighted by atomic mass is 10.3. The van der Waals surface area contributed by atoms with Crippen LogP contribution in [0.25, 0.3) is 0 Å². The molecule has 0 radical (unpaired) electrons. The number of aromatic amines is 1. The van der Waals surface area contributed by atoms with Gasteiger partial charge in [0.1, 0.15) is 5.69 Å². The number of nitrogens with zero attached hydrogens (tertiary/aromatic N) is 4. The fraction of sp³-hybridized carbons (Fsp3) is 0.333. The summed E-state index contributed by atoms with van der Waals surface area (Å²) in [5.74, 6) is 0.796. The van der Waals surface area contributed by atoms with E-state index in [0.717, 1.165) is 0 Å². The number of carbonyl (C=O) groups is 1. The van der Waals surface area contributed by atoms with Gasteiger partial charge in [-0.3, -0.25) is 9.89 Å². The van der Waals surface area contributed by atoms with E-state index in [1.165, 1.54) is 11.1 Å². The molecule has 0 fully saturated rings. The highest BCUT2D eigenvalue weighted by atomic mass is 16.5. The third-order valence-corrected chi connectivity index (χ3v) is 2.03. The van der Waals surface area contributed by atoms with Gasteiger partial charge in [-0.05, 0) is 6.07 Å². The van der Waals surface area contributed by atoms with Crippen molar-refractivity contribution >= 4 is 5.91 Å². The number of amides is 1. The Bertz CT molecular complexity index is 476. The molecule has 0 bridgehead atoms. The summed E-state index contributed by atoms with van der Waals surface area (Å²) in [6.07, 6.45) is 1.53. The van der Waals surface area contributed by atoms with Gasteiger partial charge in [-0.25, -0.2) is 0 Å². The lowest BCUT2D eigenvalue weighted by Gasteiger charge is -2.13. The molecule has 0 spiro atoms. The minimum Gasteiger partial charge on any atom is -0.340 e. The Morgan fingerprint density at radius 3 is 3.00 bits per heavy atom. The van der Waals surface area contributed by atoms with Crippen molar-refractivity contribution in [3.05, 3.63) is 29.7 Å². The highest BCUT2D eigenvalue weighted by Crippen LogP contribution is 2.03. The van der Waals surface area contributed by atoms with Crippen molar-refractivity contribution in [2.45, 2.75) is 13.5 Å². The fourth-order valence-corrected chi connectivity index (χ4v) is 1.27. The summed E-state index contributed by atoms with van der Waals surface area (Å²) < 4.78 is 4.82. The van der Waals surface area contributed by atoms with E-state index in [0.29, 0.717) is 24.0 Å². The Balaban J connectivity index is 2.03. The predicted octanol–water partition coefficient (Wildman–Crippen LogP) is 0.373. The van der Waals surface area contributed by atoms with Crippen LogP contribution in [0.15, 0.2) is 16.8 Å². The van der Waals surface area contributed by atoms with Crippen LogP contribution in [0.5, 0.6) is 0 Å². The number of hydrogen-bond donors (Lipinski definition) is 1. The van der Waals surface area contributed by atoms with Gasteiger partial charge in [0.2, 0.25) is 5.89 Å². The first-order chi connectivity index (χ1) is 7.66. The van der Waals surface area contributed by atoms with Gasteiger partial charge in [0.15, 0.2) is 5.82 Å². The lowest BCUT2D eigenvalue weighted by Crippen LogP contribution is -2.27. The van der Waals surface area contributed by atoms with Gasteiger partial charge in [-0.1, -0.05) is 5.16 Å². The number of aryl methyl sites for hydroxylation is 1. The molecule has 7 heteroatoms. The van der Waals surface area contributed by atoms with Crippen molar-refractivity contribution in [3.8, 4) is 0 Å². The van der Waals surface area contributed by atoms with Crippen LogP contribution >= 0.6 is 0 Å². The van der Waals surface area contributed by atoms with E-state index in [4.69, 9.17) is 4.52 Å². The molecule has 0 aliphatic rings. The molecule has 1 N–H and O–H groups in total. The van der Waals surface area contributed by atoms with Gasteiger partial charge in [-0.2, -0.15) is 10.1 Å². The first kappa shape index (κ1) is 10.3. The highest BCUT2D eigenvalue weighted by molar-refractivity contribution is 5.91. The molecular formula is C9H11N5O2. The molecule has 0 saturated carbocycles. The van der Waals surface area contributed by atoms with Crippen molar-refractivity contribution in [3.63, 3.8) is 0 Å². The van der Waals surface area contributed by atoms with Crippen molar-refractivity contribution in [1.82, 2.24) is 25.2 Å². The standard InChI is InChI=1S/C9H11N5O2/c1-6-11-8(13-16-6)5-14(2)9(15)7-3-4-10-12-7/h3-4H,5H2,1-2H3,(H,10,12). The Labute approximate surface area is 91.5 Å². The second kappa shape index (κ2) is 4.13. The van der Waals surface area contributed by atoms with Crippen molar-refractivity contribution < 1.29 is 9.32 Å². The molecule has 7 nitrogen and oxygen atoms in total. The summed E-state index contributed by atoms with van der Waals surface area (Å²) in [4.78, 5) is 17.3. The molecule has 1 amide bonds. The molecule has 0 saturated heterocycles. The van der Waals surface area contributed by atoms with Crippen LogP contribution in [-0.4, -0.2) is 38.2 Å². The van der Waals surface area contributed by atoms with Crippen LogP contribution in [0.3, 0.4) is 0 Å². The van der Waals surface area contributed by atoms with Gasteiger partial charge < -0.3 is 9.42 Å². The van der Waals surface area contributed by atoms with E-state index in [1.54, 1.807) is 20.0 Å². The summed E-state index contributed by atoms with van der Waals surface area (Å²) in [6.45, 7) is 2.00. The van der Waals surface area contributed by atoms with Crippen LogP contribution in [0.2, 0.25) is 0 Å². The second-order valence-electron chi connectivity index (χ2n) is 3.36. The number of H-pyrrole nitrogens is 1. The number of hydrogen-bond acceptors (Lipinski definition) is 5. The van der Waals surface area contributed by atoms with Crippen LogP contribution in [0.4, 0.5) is 0 Å². The predicted molar refractivity (Wildman–Crippen MR) is 53.4 cm³/mol. The first-order valence-electron chi connectivity index (χ1n) is 4.71. The molecule has 0 aliphatic carbocycles. The van der Waals surface area contributed by atoms with Gasteiger partial charge in [0.05, 0.1) is 6.54 Å². The summed E-state index contributed by atoms with van der Waals surface area (Å²) in [5.41, 5.74) is 0.433. The smallest absolute Gasteiger partial charge is 0.272 e. The van der Waals surface area contributed by atoms with Gasteiger partial charge in [0, 0.05) is 20.2 Å². The monoisotopic (exact) mass is 221 g/mol. The molecule has 84 valence electrons. The topological polar surface area (TPSA) is 87.9 Å². The average Bonchev–Trinajstić information content (AvgIpc) is 2.88. The lowest BCUT2D eigenvalue weighted by molar-refractivity contribution is 0.0775. The first-order valence-corrected chi connectivity index (χ1v) is 4.71. The van der Waals surface area contributed by atoms with Gasteiger partial charge in [-0.15, -0.1) is 0 Å². The minimum atomic E-state index is -0.167. The van der Waals surface area contributed by atoms with E-state index in [-0.39, 0.29) is 5.91 Å². The highest BCUT2D eigenvalue weighted by Gasteiger charge is 2.15. The van der Waals surface area contributed by atoms with Crippen molar-refractivity contribution in [2.24, 2.45) is 0 Å². The molecule has 0 atom stereocenters. The molecule has 2 heterocycles. The van der Waals surface area contributed by atoms with E-state index < -0.39 is 0 Å². The molecule has 2 aromatic rings. The maximum absolute atomic E-state index is 11.8. The van der Waals surface area contributed by atoms with E-state index in [2.05, 4.69) is 20.3 Å². The Morgan fingerprint density at radius 1 is 1.62 bits per heavy atom. The van der Waals surface area contributed by atoms with E-state index >= 15 is 0 Å². The quantitative estimate of drug-likeness (QED) is 0.809. The van der Waals surface area contributed by atoms with Crippen LogP contribution in [0, 0.1) is 6.92 Å². The molecule has 16 heavy (non-hydrogen) atoms. The summed E-state index contributed by atoms with van der Waals surface area (Å²) in [6, 6.07) is 1.61. The maximum atomic E-state index is 11.8. The number of aromatic nitrogens is 4. The molecular weight excluding hydrogens is 210 g/mol. The Morgan fingerprint density at radius 2 is 2.44 bits per heavy atom. The van der Waals surface area contributed by atoms with Gasteiger partial charge >= 0.3 is 0 Å². The second-order valence-corrected chi connectivity index (χ2v) is 3.36. The van der Waals surface area contributed by atoms with Crippen LogP contribution in [-0.2, 0) is 6.54 Å². The maximum Gasteiger partial charge on any atom is 0.272 e. The zero-order chi connectivity index (χ0) is 11.5. The fourth-order valence-electron chi connectivity index (χ4n) is 1.27. The third kappa shape index (κ3) is 2.08. The molecule has 2 aromatic heterocycles. The SMILES string of the molecule is Cc1nc(CN(C)C(=O)c2ccn[nH]2)no1. The molecule has 0 unspecified atom stereocenters. The van der Waals surface area contributed by atoms with Crippen molar-refractivity contribution in [1.29, 1.82) is 0 Å². The molecule has 2 rings (SSSR count). The number of rotatable bonds is 3. The summed E-state index contributed by atoms with van der Waals surface area (Å²) in [7, 11) is 1.66. The van der Waals surface area contributed by atoms with E-state index in [9.17, 15) is 4.79 Å². The Hall–Kier alpha value is -2.18. The average molecular weight is 221 g/mol. The number of carbonyl (C=O) groups excluding carboxylic acids is 1. The molecule has 0 aliphatic heterocycles. The molecule has 0 aromatic carbocycles. The van der Waals surface area contributed by atoms with E-state index in [1.807, 2.05) is 0 Å². The Kier molecular flexibility index (Phi) is 2.67. The van der Waals surface area contributed by atoms with Gasteiger partial charge in [0.25, 0.3) is 5.91 Å². The van der Waals surface area contributed by atoms with Crippen LogP contribution < -0.4 is 0 Å². The number of nitrogens with one attached hydrogen (secondary N) is 1. The minimum absolute atomic E-state index is 0.167. The zero-order valence-corrected chi connectivity index (χ0v) is 8.97. The normalized spacial score (nSPS) is 10.4. The summed E-state index contributed by atoms with van der Waals surface area (Å²) >= 11 is 0. The largest absolute Gasteiger partial charge is 0.340 e. The van der Waals surface area contributed by atoms with Crippen LogP contribution in [0.1, 0.15) is 22.2 Å². The van der Waals surface area contributed by atoms with Crippen molar-refractivity contribution in [2.75, 3.05) is 7.05 Å².